The number of amides is 3. The van der Waals surface area contributed by atoms with Crippen molar-refractivity contribution >= 4 is 36.3 Å². The van der Waals surface area contributed by atoms with E-state index in [0.29, 0.717) is 25.8 Å². The van der Waals surface area contributed by atoms with Gasteiger partial charge in [-0.25, -0.2) is 4.79 Å². The van der Waals surface area contributed by atoms with Crippen LogP contribution in [0.4, 0.5) is 0 Å². The molecule has 4 unspecified atom stereocenters. The third-order valence-corrected chi connectivity index (χ3v) is 6.05. The van der Waals surface area contributed by atoms with E-state index in [4.69, 9.17) is 5.73 Å². The molecule has 1 aliphatic rings. The highest BCUT2D eigenvalue weighted by Crippen LogP contribution is 2.20. The van der Waals surface area contributed by atoms with Crippen molar-refractivity contribution in [2.75, 3.05) is 12.3 Å². The number of thiol groups is 1. The zero-order valence-electron chi connectivity index (χ0n) is 19.4. The number of nitrogens with two attached hydrogens (primary N) is 1. The maximum Gasteiger partial charge on any atom is 0.327 e. The lowest BCUT2D eigenvalue weighted by atomic mass is 10.0. The molecule has 0 radical (unpaired) electrons. The summed E-state index contributed by atoms with van der Waals surface area (Å²) in [4.78, 5) is 51.5. The van der Waals surface area contributed by atoms with Crippen LogP contribution < -0.4 is 16.4 Å². The van der Waals surface area contributed by atoms with E-state index in [1.165, 1.54) is 17.0 Å². The van der Waals surface area contributed by atoms with E-state index < -0.39 is 42.0 Å². The van der Waals surface area contributed by atoms with Crippen LogP contribution >= 0.6 is 12.6 Å². The second-order valence-corrected chi connectivity index (χ2v) is 9.30. The van der Waals surface area contributed by atoms with Crippen LogP contribution in [0.25, 0.3) is 0 Å². The van der Waals surface area contributed by atoms with Crippen molar-refractivity contribution in [3.63, 3.8) is 0 Å². The third kappa shape index (κ3) is 7.63. The minimum absolute atomic E-state index is 0.0513. The van der Waals surface area contributed by atoms with Gasteiger partial charge in [0.1, 0.15) is 23.9 Å². The SMILES string of the molecule is CC(C)CC(NC(=O)C1CCCN1C(=O)C(N)Cc1ccc(O)cc1)C(=O)NC(CS)C(=O)O. The van der Waals surface area contributed by atoms with Gasteiger partial charge in [-0.05, 0) is 49.3 Å². The number of phenols is 1. The van der Waals surface area contributed by atoms with E-state index in [1.807, 2.05) is 13.8 Å². The normalized spacial score (nSPS) is 18.3. The summed E-state index contributed by atoms with van der Waals surface area (Å²) in [6, 6.07) is 2.65. The van der Waals surface area contributed by atoms with Crippen molar-refractivity contribution < 1.29 is 29.4 Å². The van der Waals surface area contributed by atoms with E-state index in [9.17, 15) is 29.4 Å². The van der Waals surface area contributed by atoms with Crippen LogP contribution in [-0.4, -0.2) is 75.3 Å². The number of rotatable bonds is 11. The molecule has 188 valence electrons. The van der Waals surface area contributed by atoms with E-state index in [-0.39, 0.29) is 29.7 Å². The summed E-state index contributed by atoms with van der Waals surface area (Å²) in [6.07, 6.45) is 1.62. The zero-order chi connectivity index (χ0) is 25.4. The summed E-state index contributed by atoms with van der Waals surface area (Å²) in [5, 5.41) is 23.7. The monoisotopic (exact) mass is 494 g/mol. The van der Waals surface area contributed by atoms with Crippen molar-refractivity contribution in [3.05, 3.63) is 29.8 Å². The number of likely N-dealkylation sites (tertiary alicyclic amines) is 1. The topological polar surface area (TPSA) is 162 Å². The molecule has 0 bridgehead atoms. The van der Waals surface area contributed by atoms with E-state index in [2.05, 4.69) is 23.3 Å². The number of hydrogen-bond donors (Lipinski definition) is 6. The Morgan fingerprint density at radius 1 is 1.15 bits per heavy atom. The standard InChI is InChI=1S/C23H34N4O6S/c1-13(2)10-17(20(29)26-18(12-34)23(32)33)25-21(30)19-4-3-9-27(19)22(31)16(24)11-14-5-7-15(28)8-6-14/h5-8,13,16-19,28,34H,3-4,9-12,24H2,1-2H3,(H,25,30)(H,26,29)(H,32,33). The number of carbonyl (C=O) groups excluding carboxylic acids is 3. The number of hydrogen-bond acceptors (Lipinski definition) is 7. The average molecular weight is 495 g/mol. The number of nitrogens with one attached hydrogen (secondary N) is 2. The average Bonchev–Trinajstić information content (AvgIpc) is 3.27. The van der Waals surface area contributed by atoms with Gasteiger partial charge in [0, 0.05) is 12.3 Å². The van der Waals surface area contributed by atoms with Gasteiger partial charge in [-0.1, -0.05) is 26.0 Å². The third-order valence-electron chi connectivity index (χ3n) is 5.68. The molecule has 1 aromatic carbocycles. The quantitative estimate of drug-likeness (QED) is 0.241. The Morgan fingerprint density at radius 3 is 2.35 bits per heavy atom. The minimum atomic E-state index is -1.21. The maximum atomic E-state index is 13.1. The molecular weight excluding hydrogens is 460 g/mol. The number of carbonyl (C=O) groups is 4. The second kappa shape index (κ2) is 12.6. The molecule has 1 heterocycles. The van der Waals surface area contributed by atoms with Crippen molar-refractivity contribution in [1.82, 2.24) is 15.5 Å². The van der Waals surface area contributed by atoms with Crippen LogP contribution in [0.3, 0.4) is 0 Å². The molecule has 1 aromatic rings. The Morgan fingerprint density at radius 2 is 1.79 bits per heavy atom. The molecule has 0 saturated carbocycles. The fourth-order valence-corrected chi connectivity index (χ4v) is 4.17. The predicted octanol–water partition coefficient (Wildman–Crippen LogP) is 0.283. The van der Waals surface area contributed by atoms with Crippen LogP contribution in [0.1, 0.15) is 38.7 Å². The number of aliphatic carboxylic acids is 1. The molecule has 1 aliphatic heterocycles. The van der Waals surface area contributed by atoms with Crippen molar-refractivity contribution in [2.45, 2.75) is 63.7 Å². The van der Waals surface area contributed by atoms with E-state index in [1.54, 1.807) is 12.1 Å². The van der Waals surface area contributed by atoms with Crippen LogP contribution in [0.15, 0.2) is 24.3 Å². The largest absolute Gasteiger partial charge is 0.508 e. The van der Waals surface area contributed by atoms with Crippen LogP contribution in [-0.2, 0) is 25.6 Å². The number of nitrogens with zero attached hydrogens (tertiary/aromatic N) is 1. The zero-order valence-corrected chi connectivity index (χ0v) is 20.3. The number of phenolic OH excluding ortho intramolecular Hbond substituents is 1. The van der Waals surface area contributed by atoms with E-state index in [0.717, 1.165) is 5.56 Å². The Bertz CT molecular complexity index is 879. The molecule has 10 nitrogen and oxygen atoms in total. The molecule has 6 N–H and O–H groups in total. The van der Waals surface area contributed by atoms with Crippen molar-refractivity contribution in [2.24, 2.45) is 11.7 Å². The summed E-state index contributed by atoms with van der Waals surface area (Å²) in [5.74, 6) is -2.58. The smallest absolute Gasteiger partial charge is 0.327 e. The van der Waals surface area contributed by atoms with Crippen molar-refractivity contribution in [3.8, 4) is 5.75 Å². The first-order chi connectivity index (χ1) is 16.0. The first-order valence-electron chi connectivity index (χ1n) is 11.3. The first kappa shape index (κ1) is 27.5. The summed E-state index contributed by atoms with van der Waals surface area (Å²) in [7, 11) is 0. The highest BCUT2D eigenvalue weighted by molar-refractivity contribution is 7.80. The first-order valence-corrected chi connectivity index (χ1v) is 11.9. The highest BCUT2D eigenvalue weighted by Gasteiger charge is 2.38. The fourth-order valence-electron chi connectivity index (χ4n) is 3.92. The van der Waals surface area contributed by atoms with Crippen LogP contribution in [0.2, 0.25) is 0 Å². The predicted molar refractivity (Wildman–Crippen MR) is 129 cm³/mol. The molecule has 34 heavy (non-hydrogen) atoms. The summed E-state index contributed by atoms with van der Waals surface area (Å²) >= 11 is 3.95. The number of carboxylic acid groups (broad SMARTS) is 1. The van der Waals surface area contributed by atoms with Gasteiger partial charge in [0.05, 0.1) is 6.04 Å². The molecule has 4 atom stereocenters. The van der Waals surface area contributed by atoms with Gasteiger partial charge in [0.15, 0.2) is 0 Å². The van der Waals surface area contributed by atoms with Gasteiger partial charge in [-0.15, -0.1) is 0 Å². The molecule has 3 amide bonds. The molecule has 1 saturated heterocycles. The molecule has 11 heteroatoms. The molecule has 2 rings (SSSR count). The Labute approximate surface area is 204 Å². The molecule has 1 fully saturated rings. The second-order valence-electron chi connectivity index (χ2n) is 8.94. The highest BCUT2D eigenvalue weighted by atomic mass is 32.1. The minimum Gasteiger partial charge on any atom is -0.508 e. The van der Waals surface area contributed by atoms with Crippen LogP contribution in [0, 0.1) is 5.92 Å². The molecular formula is C23H34N4O6S. The Hall–Kier alpha value is -2.79. The van der Waals surface area contributed by atoms with Gasteiger partial charge in [0.25, 0.3) is 0 Å². The Kier molecular flexibility index (Phi) is 10.2. The van der Waals surface area contributed by atoms with Gasteiger partial charge in [-0.2, -0.15) is 12.6 Å². The van der Waals surface area contributed by atoms with Gasteiger partial charge in [-0.3, -0.25) is 14.4 Å². The fraction of sp³-hybridized carbons (Fsp3) is 0.565. The lowest BCUT2D eigenvalue weighted by molar-refractivity contribution is -0.142. The van der Waals surface area contributed by atoms with Gasteiger partial charge >= 0.3 is 5.97 Å². The maximum absolute atomic E-state index is 13.1. The van der Waals surface area contributed by atoms with Gasteiger partial charge < -0.3 is 31.5 Å². The van der Waals surface area contributed by atoms with Gasteiger partial charge in [0.2, 0.25) is 17.7 Å². The van der Waals surface area contributed by atoms with Crippen molar-refractivity contribution in [1.29, 1.82) is 0 Å². The molecule has 0 aromatic heterocycles. The number of benzene rings is 1. The molecule has 0 aliphatic carbocycles. The number of aromatic hydroxyl groups is 1. The lowest BCUT2D eigenvalue weighted by Crippen LogP contribution is -2.57. The molecule has 0 spiro atoms. The number of carboxylic acids is 1. The summed E-state index contributed by atoms with van der Waals surface area (Å²) < 4.78 is 0. The lowest BCUT2D eigenvalue weighted by Gasteiger charge is -2.29. The van der Waals surface area contributed by atoms with E-state index >= 15 is 0 Å². The summed E-state index contributed by atoms with van der Waals surface area (Å²) in [5.41, 5.74) is 6.91. The Balaban J connectivity index is 2.07. The summed E-state index contributed by atoms with van der Waals surface area (Å²) in [6.45, 7) is 4.14. The van der Waals surface area contributed by atoms with Crippen LogP contribution in [0.5, 0.6) is 5.75 Å².